The lowest BCUT2D eigenvalue weighted by Gasteiger charge is -2.36. The number of anilines is 2. The number of hydrogen-bond acceptors (Lipinski definition) is 6. The van der Waals surface area contributed by atoms with E-state index in [1.807, 2.05) is 42.6 Å². The van der Waals surface area contributed by atoms with Crippen LogP contribution >= 0.6 is 0 Å². The molecule has 0 spiro atoms. The molecule has 28 heavy (non-hydrogen) atoms. The Morgan fingerprint density at radius 3 is 2.21 bits per heavy atom. The topological polar surface area (TPSA) is 50.7 Å². The van der Waals surface area contributed by atoms with Crippen LogP contribution in [0.4, 0.5) is 11.5 Å². The first-order valence-corrected chi connectivity index (χ1v) is 9.37. The molecule has 6 heteroatoms. The monoisotopic (exact) mass is 376 g/mol. The van der Waals surface area contributed by atoms with Crippen LogP contribution in [0.3, 0.4) is 0 Å². The molecular formula is C22H24N4O2. The predicted octanol–water partition coefficient (Wildman–Crippen LogP) is 3.49. The molecule has 4 rings (SSSR count). The second-order valence-corrected chi connectivity index (χ2v) is 6.67. The van der Waals surface area contributed by atoms with E-state index in [1.54, 1.807) is 20.4 Å². The SMILES string of the molecule is COc1cccc(-c2cncc(N3CCN(c4cccc(OC)c4)CC3)n2)c1. The molecule has 3 aromatic rings. The van der Waals surface area contributed by atoms with Crippen molar-refractivity contribution in [2.24, 2.45) is 0 Å². The highest BCUT2D eigenvalue weighted by Crippen LogP contribution is 2.25. The summed E-state index contributed by atoms with van der Waals surface area (Å²) >= 11 is 0. The molecule has 0 radical (unpaired) electrons. The highest BCUT2D eigenvalue weighted by Gasteiger charge is 2.19. The van der Waals surface area contributed by atoms with E-state index in [0.29, 0.717) is 0 Å². The van der Waals surface area contributed by atoms with E-state index in [0.717, 1.165) is 54.8 Å². The molecule has 0 N–H and O–H groups in total. The van der Waals surface area contributed by atoms with Crippen LogP contribution in [-0.4, -0.2) is 50.4 Å². The molecule has 1 aromatic heterocycles. The summed E-state index contributed by atoms with van der Waals surface area (Å²) in [6, 6.07) is 16.1. The lowest BCUT2D eigenvalue weighted by molar-refractivity contribution is 0.414. The number of nitrogens with zero attached hydrogens (tertiary/aromatic N) is 4. The summed E-state index contributed by atoms with van der Waals surface area (Å²) in [6.07, 6.45) is 3.63. The Bertz CT molecular complexity index is 939. The largest absolute Gasteiger partial charge is 0.497 e. The van der Waals surface area contributed by atoms with Gasteiger partial charge >= 0.3 is 0 Å². The third-order valence-electron chi connectivity index (χ3n) is 5.01. The first kappa shape index (κ1) is 18.1. The van der Waals surface area contributed by atoms with Gasteiger partial charge in [0.2, 0.25) is 0 Å². The summed E-state index contributed by atoms with van der Waals surface area (Å²) in [6.45, 7) is 3.65. The van der Waals surface area contributed by atoms with Gasteiger partial charge in [-0.25, -0.2) is 4.98 Å². The number of rotatable bonds is 5. The Kier molecular flexibility index (Phi) is 5.28. The first-order chi connectivity index (χ1) is 13.8. The minimum absolute atomic E-state index is 0.816. The first-order valence-electron chi connectivity index (χ1n) is 9.37. The lowest BCUT2D eigenvalue weighted by Crippen LogP contribution is -2.46. The summed E-state index contributed by atoms with van der Waals surface area (Å²) in [5.74, 6) is 2.61. The smallest absolute Gasteiger partial charge is 0.147 e. The van der Waals surface area contributed by atoms with Crippen molar-refractivity contribution in [3.63, 3.8) is 0 Å². The summed E-state index contributed by atoms with van der Waals surface area (Å²) in [4.78, 5) is 13.9. The average molecular weight is 376 g/mol. The molecule has 6 nitrogen and oxygen atoms in total. The number of hydrogen-bond donors (Lipinski definition) is 0. The van der Waals surface area contributed by atoms with Crippen molar-refractivity contribution >= 4 is 11.5 Å². The predicted molar refractivity (Wildman–Crippen MR) is 111 cm³/mol. The Balaban J connectivity index is 1.47. The Labute approximate surface area is 165 Å². The van der Waals surface area contributed by atoms with Gasteiger partial charge in [0.05, 0.1) is 32.3 Å². The molecule has 144 valence electrons. The number of piperazine rings is 1. The number of ether oxygens (including phenoxy) is 2. The quantitative estimate of drug-likeness (QED) is 0.679. The summed E-state index contributed by atoms with van der Waals surface area (Å²) in [5.41, 5.74) is 3.05. The third kappa shape index (κ3) is 3.86. The molecule has 1 saturated heterocycles. The Morgan fingerprint density at radius 2 is 1.46 bits per heavy atom. The highest BCUT2D eigenvalue weighted by atomic mass is 16.5. The van der Waals surface area contributed by atoms with E-state index in [-0.39, 0.29) is 0 Å². The van der Waals surface area contributed by atoms with Crippen molar-refractivity contribution < 1.29 is 9.47 Å². The Hall–Kier alpha value is -3.28. The molecule has 0 amide bonds. The fourth-order valence-corrected chi connectivity index (χ4v) is 3.43. The van der Waals surface area contributed by atoms with E-state index in [9.17, 15) is 0 Å². The Morgan fingerprint density at radius 1 is 0.786 bits per heavy atom. The summed E-state index contributed by atoms with van der Waals surface area (Å²) in [7, 11) is 3.37. The molecule has 1 aliphatic heterocycles. The zero-order chi connectivity index (χ0) is 19.3. The maximum atomic E-state index is 5.34. The molecule has 0 unspecified atom stereocenters. The van der Waals surface area contributed by atoms with Gasteiger partial charge in [-0.15, -0.1) is 0 Å². The van der Waals surface area contributed by atoms with Gasteiger partial charge in [-0.05, 0) is 24.3 Å². The van der Waals surface area contributed by atoms with Crippen molar-refractivity contribution in [1.82, 2.24) is 9.97 Å². The van der Waals surface area contributed by atoms with Crippen LogP contribution in [0.25, 0.3) is 11.3 Å². The van der Waals surface area contributed by atoms with Crippen molar-refractivity contribution in [2.45, 2.75) is 0 Å². The molecule has 2 heterocycles. The van der Waals surface area contributed by atoms with Crippen LogP contribution in [0.5, 0.6) is 11.5 Å². The number of methoxy groups -OCH3 is 2. The van der Waals surface area contributed by atoms with E-state index >= 15 is 0 Å². The van der Waals surface area contributed by atoms with E-state index in [4.69, 9.17) is 14.5 Å². The standard InChI is InChI=1S/C22H24N4O2/c1-27-19-7-3-5-17(13-19)21-15-23-16-22(24-21)26-11-9-25(10-12-26)18-6-4-8-20(14-18)28-2/h3-8,13-16H,9-12H2,1-2H3. The van der Waals surface area contributed by atoms with Crippen molar-refractivity contribution in [1.29, 1.82) is 0 Å². The number of benzene rings is 2. The maximum absolute atomic E-state index is 5.34. The van der Waals surface area contributed by atoms with E-state index < -0.39 is 0 Å². The second kappa shape index (κ2) is 8.17. The minimum atomic E-state index is 0.816. The zero-order valence-corrected chi connectivity index (χ0v) is 16.2. The fraction of sp³-hybridized carbons (Fsp3) is 0.273. The molecule has 0 saturated carbocycles. The van der Waals surface area contributed by atoms with E-state index in [2.05, 4.69) is 26.9 Å². The average Bonchev–Trinajstić information content (AvgIpc) is 2.79. The third-order valence-corrected chi connectivity index (χ3v) is 5.01. The molecule has 1 fully saturated rings. The van der Waals surface area contributed by atoms with Crippen LogP contribution < -0.4 is 19.3 Å². The van der Waals surface area contributed by atoms with Crippen molar-refractivity contribution in [3.05, 3.63) is 60.9 Å². The van der Waals surface area contributed by atoms with Crippen molar-refractivity contribution in [2.75, 3.05) is 50.2 Å². The van der Waals surface area contributed by atoms with Crippen molar-refractivity contribution in [3.8, 4) is 22.8 Å². The van der Waals surface area contributed by atoms with E-state index in [1.165, 1.54) is 5.69 Å². The van der Waals surface area contributed by atoms with Crippen LogP contribution in [0.2, 0.25) is 0 Å². The summed E-state index contributed by atoms with van der Waals surface area (Å²) < 4.78 is 10.7. The van der Waals surface area contributed by atoms with Gasteiger partial charge in [0.1, 0.15) is 17.3 Å². The molecule has 0 bridgehead atoms. The maximum Gasteiger partial charge on any atom is 0.147 e. The van der Waals surface area contributed by atoms with Gasteiger partial charge in [-0.1, -0.05) is 18.2 Å². The minimum Gasteiger partial charge on any atom is -0.497 e. The molecule has 0 aliphatic carbocycles. The molecule has 1 aliphatic rings. The van der Waals surface area contributed by atoms with Gasteiger partial charge in [-0.2, -0.15) is 0 Å². The van der Waals surface area contributed by atoms with Gasteiger partial charge in [0.15, 0.2) is 0 Å². The lowest BCUT2D eigenvalue weighted by atomic mass is 10.1. The zero-order valence-electron chi connectivity index (χ0n) is 16.2. The molecule has 2 aromatic carbocycles. The number of aromatic nitrogens is 2. The van der Waals surface area contributed by atoms with Gasteiger partial charge in [-0.3, -0.25) is 4.98 Å². The molecular weight excluding hydrogens is 352 g/mol. The van der Waals surface area contributed by atoms with Crippen LogP contribution in [-0.2, 0) is 0 Å². The fourth-order valence-electron chi connectivity index (χ4n) is 3.43. The highest BCUT2D eigenvalue weighted by molar-refractivity contribution is 5.62. The summed E-state index contributed by atoms with van der Waals surface area (Å²) in [5, 5.41) is 0. The van der Waals surface area contributed by atoms with Crippen LogP contribution in [0.15, 0.2) is 60.9 Å². The van der Waals surface area contributed by atoms with Gasteiger partial charge < -0.3 is 19.3 Å². The molecule has 0 atom stereocenters. The normalized spacial score (nSPS) is 14.1. The van der Waals surface area contributed by atoms with Crippen LogP contribution in [0, 0.1) is 0 Å². The second-order valence-electron chi connectivity index (χ2n) is 6.67. The van der Waals surface area contributed by atoms with Gasteiger partial charge in [0.25, 0.3) is 0 Å². The van der Waals surface area contributed by atoms with Crippen LogP contribution in [0.1, 0.15) is 0 Å². The van der Waals surface area contributed by atoms with Gasteiger partial charge in [0, 0.05) is 43.5 Å².